The van der Waals surface area contributed by atoms with Crippen molar-refractivity contribution in [3.8, 4) is 17.1 Å². The number of nitrogens with zero attached hydrogens (tertiary/aromatic N) is 4. The third-order valence-electron chi connectivity index (χ3n) is 6.33. The average Bonchev–Trinajstić information content (AvgIpc) is 3.42. The van der Waals surface area contributed by atoms with Crippen LogP contribution in [0.15, 0.2) is 24.4 Å². The van der Waals surface area contributed by atoms with Crippen LogP contribution < -0.4 is 20.3 Å². The number of aromatic nitrogens is 2. The van der Waals surface area contributed by atoms with E-state index in [0.29, 0.717) is 36.8 Å². The summed E-state index contributed by atoms with van der Waals surface area (Å²) >= 11 is 0. The monoisotopic (exact) mass is 447 g/mol. The van der Waals surface area contributed by atoms with Crippen LogP contribution in [-0.2, 0) is 16.1 Å². The summed E-state index contributed by atoms with van der Waals surface area (Å²) in [5.74, 6) is 0.976. The smallest absolute Gasteiger partial charge is 0.416 e. The molecule has 2 fully saturated rings. The number of hydrogen-bond acceptors (Lipinski definition) is 6. The Labute approximate surface area is 182 Å². The Hall–Kier alpha value is -3.37. The van der Waals surface area contributed by atoms with Crippen LogP contribution in [0.1, 0.15) is 13.3 Å². The molecule has 3 aliphatic heterocycles. The van der Waals surface area contributed by atoms with Gasteiger partial charge in [0.05, 0.1) is 12.1 Å². The second-order valence-electron chi connectivity index (χ2n) is 8.30. The lowest BCUT2D eigenvalue weighted by Crippen LogP contribution is -2.43. The number of halogens is 2. The van der Waals surface area contributed by atoms with Crippen LogP contribution in [0.2, 0.25) is 0 Å². The molecule has 0 aliphatic carbocycles. The Kier molecular flexibility index (Phi) is 4.90. The van der Waals surface area contributed by atoms with Gasteiger partial charge in [0, 0.05) is 24.5 Å². The van der Waals surface area contributed by atoms with Gasteiger partial charge in [0.15, 0.2) is 5.82 Å². The van der Waals surface area contributed by atoms with Crippen LogP contribution in [0.4, 0.5) is 25.1 Å². The zero-order valence-electron chi connectivity index (χ0n) is 17.4. The van der Waals surface area contributed by atoms with Crippen molar-refractivity contribution in [1.82, 2.24) is 9.55 Å². The van der Waals surface area contributed by atoms with E-state index in [1.165, 1.54) is 0 Å². The molecule has 5 rings (SSSR count). The van der Waals surface area contributed by atoms with Crippen molar-refractivity contribution >= 4 is 23.5 Å². The van der Waals surface area contributed by atoms with E-state index in [4.69, 9.17) is 15.2 Å². The average molecular weight is 447 g/mol. The quantitative estimate of drug-likeness (QED) is 0.771. The summed E-state index contributed by atoms with van der Waals surface area (Å²) in [6, 6.07) is 3.78. The largest absolute Gasteiger partial charge is 0.491 e. The minimum Gasteiger partial charge on any atom is -0.491 e. The molecule has 2 aromatic rings. The van der Waals surface area contributed by atoms with Gasteiger partial charge < -0.3 is 24.7 Å². The van der Waals surface area contributed by atoms with Crippen LogP contribution >= 0.6 is 0 Å². The van der Waals surface area contributed by atoms with E-state index in [0.717, 1.165) is 17.0 Å². The van der Waals surface area contributed by atoms with E-state index in [9.17, 15) is 18.4 Å². The summed E-state index contributed by atoms with van der Waals surface area (Å²) in [6.07, 6.45) is -1.16. The molecular formula is C21H23F2N5O4. The first kappa shape index (κ1) is 20.5. The second kappa shape index (κ2) is 7.64. The fourth-order valence-electron chi connectivity index (χ4n) is 4.71. The highest BCUT2D eigenvalue weighted by atomic mass is 19.3. The maximum absolute atomic E-state index is 13.4. The maximum Gasteiger partial charge on any atom is 0.416 e. The van der Waals surface area contributed by atoms with Crippen molar-refractivity contribution in [3.05, 3.63) is 24.4 Å². The number of rotatable bonds is 4. The molecule has 1 aromatic heterocycles. The third kappa shape index (κ3) is 3.23. The van der Waals surface area contributed by atoms with E-state index in [1.807, 2.05) is 30.0 Å². The topological polar surface area (TPSA) is 103 Å². The minimum absolute atomic E-state index is 0.117. The number of fused-ring (bicyclic) bond motifs is 3. The number of nitrogens with two attached hydrogens (primary N) is 1. The first-order valence-electron chi connectivity index (χ1n) is 10.5. The molecule has 0 spiro atoms. The molecule has 9 nitrogen and oxygen atoms in total. The van der Waals surface area contributed by atoms with Crippen molar-refractivity contribution in [2.45, 2.75) is 38.4 Å². The van der Waals surface area contributed by atoms with Gasteiger partial charge in [-0.15, -0.1) is 0 Å². The van der Waals surface area contributed by atoms with E-state index < -0.39 is 18.6 Å². The van der Waals surface area contributed by atoms with Crippen LogP contribution in [0.3, 0.4) is 0 Å². The van der Waals surface area contributed by atoms with Gasteiger partial charge in [-0.05, 0) is 24.5 Å². The molecule has 170 valence electrons. The van der Waals surface area contributed by atoms with Crippen molar-refractivity contribution in [2.24, 2.45) is 11.7 Å². The minimum atomic E-state index is -2.75. The number of hydrogen-bond donors (Lipinski definition) is 1. The Morgan fingerprint density at radius 3 is 2.84 bits per heavy atom. The highest BCUT2D eigenvalue weighted by molar-refractivity contribution is 5.90. The number of anilines is 2. The number of alkyl halides is 2. The first-order valence-corrected chi connectivity index (χ1v) is 10.5. The number of amides is 2. The molecule has 0 unspecified atom stereocenters. The van der Waals surface area contributed by atoms with Crippen molar-refractivity contribution in [1.29, 1.82) is 0 Å². The van der Waals surface area contributed by atoms with Gasteiger partial charge in [0.2, 0.25) is 5.91 Å². The Morgan fingerprint density at radius 1 is 1.28 bits per heavy atom. The highest BCUT2D eigenvalue weighted by Gasteiger charge is 2.42. The van der Waals surface area contributed by atoms with Crippen LogP contribution in [0.25, 0.3) is 11.4 Å². The molecule has 0 bridgehead atoms. The van der Waals surface area contributed by atoms with Gasteiger partial charge in [-0.1, -0.05) is 6.92 Å². The molecule has 32 heavy (non-hydrogen) atoms. The summed E-state index contributed by atoms with van der Waals surface area (Å²) in [5, 5.41) is 0. The molecule has 2 saturated heterocycles. The van der Waals surface area contributed by atoms with Gasteiger partial charge in [0.1, 0.15) is 36.9 Å². The lowest BCUT2D eigenvalue weighted by molar-refractivity contribution is -0.119. The number of benzene rings is 1. The van der Waals surface area contributed by atoms with Crippen LogP contribution in [0.5, 0.6) is 5.75 Å². The number of ether oxygens (including phenoxy) is 2. The number of carbonyl (C=O) groups excluding carboxylic acids is 2. The number of primary amides is 1. The SMILES string of the molecule is C[C@@H]1CCN(c2ccc3c(c2)OCCn2cc(N4C(=O)OC[C@H]4C(F)F)nc2-3)[C@@H]1C(N)=O. The molecule has 2 amide bonds. The Bertz CT molecular complexity index is 1070. The fraction of sp³-hybridized carbons (Fsp3) is 0.476. The number of carbonyl (C=O) groups is 2. The maximum atomic E-state index is 13.4. The molecular weight excluding hydrogens is 424 g/mol. The van der Waals surface area contributed by atoms with Gasteiger partial charge in [-0.2, -0.15) is 0 Å². The summed E-state index contributed by atoms with van der Waals surface area (Å²) < 4.78 is 39.3. The standard InChI is InChI=1S/C21H23F2N5O4/c1-11-4-5-27(17(11)19(24)29)12-2-3-13-15(8-12)31-7-6-26-9-16(25-20(13)26)28-14(18(22)23)10-32-21(28)30/h2-3,8-9,11,14,17-18H,4-7,10H2,1H3,(H2,24,29)/t11-,14+,17+/m1/s1. The lowest BCUT2D eigenvalue weighted by atomic mass is 10.0. The molecule has 1 aromatic carbocycles. The summed E-state index contributed by atoms with van der Waals surface area (Å²) in [5.41, 5.74) is 7.11. The summed E-state index contributed by atoms with van der Waals surface area (Å²) in [6.45, 7) is 3.09. The zero-order valence-corrected chi connectivity index (χ0v) is 17.4. The summed E-state index contributed by atoms with van der Waals surface area (Å²) in [4.78, 5) is 31.4. The zero-order chi connectivity index (χ0) is 22.6. The predicted octanol–water partition coefficient (Wildman–Crippen LogP) is 2.23. The van der Waals surface area contributed by atoms with Gasteiger partial charge in [-0.3, -0.25) is 4.79 Å². The molecule has 0 saturated carbocycles. The van der Waals surface area contributed by atoms with Crippen molar-refractivity contribution in [2.75, 3.05) is 29.6 Å². The summed E-state index contributed by atoms with van der Waals surface area (Å²) in [7, 11) is 0. The molecule has 2 N–H and O–H groups in total. The molecule has 11 heteroatoms. The van der Waals surface area contributed by atoms with E-state index in [-0.39, 0.29) is 30.3 Å². The normalized spacial score (nSPS) is 24.8. The van der Waals surface area contributed by atoms with E-state index >= 15 is 0 Å². The van der Waals surface area contributed by atoms with Gasteiger partial charge in [-0.25, -0.2) is 23.5 Å². The Morgan fingerprint density at radius 2 is 2.09 bits per heavy atom. The van der Waals surface area contributed by atoms with Crippen LogP contribution in [0, 0.1) is 5.92 Å². The molecule has 3 aliphatic rings. The molecule has 4 heterocycles. The van der Waals surface area contributed by atoms with E-state index in [1.54, 1.807) is 10.8 Å². The third-order valence-corrected chi connectivity index (χ3v) is 6.33. The second-order valence-corrected chi connectivity index (χ2v) is 8.30. The fourth-order valence-corrected chi connectivity index (χ4v) is 4.71. The van der Waals surface area contributed by atoms with Crippen LogP contribution in [-0.4, -0.2) is 59.8 Å². The van der Waals surface area contributed by atoms with E-state index in [2.05, 4.69) is 4.98 Å². The predicted molar refractivity (Wildman–Crippen MR) is 111 cm³/mol. The number of cyclic esters (lactones) is 1. The number of imidazole rings is 1. The highest BCUT2D eigenvalue weighted by Crippen LogP contribution is 2.39. The van der Waals surface area contributed by atoms with Crippen molar-refractivity contribution in [3.63, 3.8) is 0 Å². The molecule has 0 radical (unpaired) electrons. The van der Waals surface area contributed by atoms with Crippen molar-refractivity contribution < 1.29 is 27.8 Å². The molecule has 3 atom stereocenters. The lowest BCUT2D eigenvalue weighted by Gasteiger charge is -2.27. The van der Waals surface area contributed by atoms with Gasteiger partial charge in [0.25, 0.3) is 6.43 Å². The Balaban J connectivity index is 1.51. The first-order chi connectivity index (χ1) is 15.3. The van der Waals surface area contributed by atoms with Gasteiger partial charge >= 0.3 is 6.09 Å².